The molecule has 0 spiro atoms. The Kier molecular flexibility index (Phi) is 6.39. The fourth-order valence-corrected chi connectivity index (χ4v) is 2.31. The van der Waals surface area contributed by atoms with Crippen molar-refractivity contribution >= 4 is 17.5 Å². The maximum atomic E-state index is 12.2. The van der Waals surface area contributed by atoms with E-state index in [9.17, 15) is 9.59 Å². The summed E-state index contributed by atoms with van der Waals surface area (Å²) in [5.41, 5.74) is 1.61. The molecule has 2 rings (SSSR count). The molecule has 6 heteroatoms. The van der Waals surface area contributed by atoms with Crippen molar-refractivity contribution in [1.29, 1.82) is 0 Å². The largest absolute Gasteiger partial charge is 0.493 e. The van der Waals surface area contributed by atoms with Gasteiger partial charge in [0.1, 0.15) is 6.42 Å². The number of para-hydroxylation sites is 1. The molecule has 0 fully saturated rings. The standard InChI is InChI=1S/C19H22N2O4/c1-21(15-7-5-4-6-8-15)19(23)12-18(22)20-13-14-9-10-16(24-2)17(11-14)25-3/h4-11H,12-13H2,1-3H3,(H,20,22). The van der Waals surface area contributed by atoms with Crippen LogP contribution in [0.2, 0.25) is 0 Å². The number of rotatable bonds is 7. The van der Waals surface area contributed by atoms with E-state index in [0.29, 0.717) is 18.0 Å². The van der Waals surface area contributed by atoms with E-state index in [2.05, 4.69) is 5.32 Å². The first-order chi connectivity index (χ1) is 12.0. The Morgan fingerprint density at radius 2 is 1.68 bits per heavy atom. The van der Waals surface area contributed by atoms with Gasteiger partial charge in [0, 0.05) is 19.3 Å². The SMILES string of the molecule is COc1ccc(CNC(=O)CC(=O)N(C)c2ccccc2)cc1OC. The molecule has 0 unspecified atom stereocenters. The van der Waals surface area contributed by atoms with Gasteiger partial charge in [-0.1, -0.05) is 24.3 Å². The van der Waals surface area contributed by atoms with Crippen LogP contribution in [0.1, 0.15) is 12.0 Å². The zero-order chi connectivity index (χ0) is 18.2. The molecule has 2 aromatic carbocycles. The number of carbonyl (C=O) groups excluding carboxylic acids is 2. The van der Waals surface area contributed by atoms with Gasteiger partial charge in [0.05, 0.1) is 14.2 Å². The Bertz CT molecular complexity index is 731. The predicted molar refractivity (Wildman–Crippen MR) is 95.9 cm³/mol. The van der Waals surface area contributed by atoms with Gasteiger partial charge in [-0.2, -0.15) is 0 Å². The van der Waals surface area contributed by atoms with E-state index in [1.807, 2.05) is 36.4 Å². The smallest absolute Gasteiger partial charge is 0.236 e. The van der Waals surface area contributed by atoms with Crippen LogP contribution in [0.25, 0.3) is 0 Å². The quantitative estimate of drug-likeness (QED) is 0.785. The Labute approximate surface area is 147 Å². The second kappa shape index (κ2) is 8.73. The highest BCUT2D eigenvalue weighted by atomic mass is 16.5. The van der Waals surface area contributed by atoms with Crippen LogP contribution in [0.15, 0.2) is 48.5 Å². The first-order valence-electron chi connectivity index (χ1n) is 7.84. The zero-order valence-corrected chi connectivity index (χ0v) is 14.6. The molecule has 0 saturated carbocycles. The van der Waals surface area contributed by atoms with E-state index in [0.717, 1.165) is 11.3 Å². The fourth-order valence-electron chi connectivity index (χ4n) is 2.31. The number of anilines is 1. The number of ether oxygens (including phenoxy) is 2. The number of methoxy groups -OCH3 is 2. The Hall–Kier alpha value is -3.02. The molecular weight excluding hydrogens is 320 g/mol. The van der Waals surface area contributed by atoms with Crippen LogP contribution < -0.4 is 19.7 Å². The Balaban J connectivity index is 1.89. The summed E-state index contributed by atoms with van der Waals surface area (Å²) < 4.78 is 10.4. The van der Waals surface area contributed by atoms with Gasteiger partial charge in [0.15, 0.2) is 11.5 Å². The lowest BCUT2D eigenvalue weighted by molar-refractivity contribution is -0.127. The number of hydrogen-bond acceptors (Lipinski definition) is 4. The number of nitrogens with zero attached hydrogens (tertiary/aromatic N) is 1. The lowest BCUT2D eigenvalue weighted by Gasteiger charge is -2.17. The summed E-state index contributed by atoms with van der Waals surface area (Å²) in [4.78, 5) is 25.7. The molecule has 0 radical (unpaired) electrons. The average molecular weight is 342 g/mol. The summed E-state index contributed by atoms with van der Waals surface area (Å²) in [7, 11) is 4.77. The molecule has 1 N–H and O–H groups in total. The number of hydrogen-bond donors (Lipinski definition) is 1. The molecule has 2 amide bonds. The molecule has 0 saturated heterocycles. The molecular formula is C19H22N2O4. The molecule has 2 aromatic rings. The summed E-state index contributed by atoms with van der Waals surface area (Å²) >= 11 is 0. The van der Waals surface area contributed by atoms with Crippen molar-refractivity contribution in [3.8, 4) is 11.5 Å². The fraction of sp³-hybridized carbons (Fsp3) is 0.263. The number of carbonyl (C=O) groups is 2. The van der Waals surface area contributed by atoms with Gasteiger partial charge in [-0.05, 0) is 29.8 Å². The molecule has 6 nitrogen and oxygen atoms in total. The summed E-state index contributed by atoms with van der Waals surface area (Å²) in [6, 6.07) is 14.6. The van der Waals surface area contributed by atoms with Gasteiger partial charge in [-0.25, -0.2) is 0 Å². The zero-order valence-electron chi connectivity index (χ0n) is 14.6. The van der Waals surface area contributed by atoms with Crippen molar-refractivity contribution in [1.82, 2.24) is 5.32 Å². The molecule has 25 heavy (non-hydrogen) atoms. The molecule has 0 atom stereocenters. The molecule has 132 valence electrons. The first-order valence-corrected chi connectivity index (χ1v) is 7.84. The minimum Gasteiger partial charge on any atom is -0.493 e. The van der Waals surface area contributed by atoms with E-state index in [1.165, 1.54) is 4.90 Å². The number of nitrogens with one attached hydrogen (secondary N) is 1. The molecule has 0 aliphatic rings. The van der Waals surface area contributed by atoms with Crippen LogP contribution in [0, 0.1) is 0 Å². The van der Waals surface area contributed by atoms with Gasteiger partial charge < -0.3 is 19.7 Å². The molecule has 0 aromatic heterocycles. The van der Waals surface area contributed by atoms with Gasteiger partial charge in [0.25, 0.3) is 0 Å². The molecule has 0 bridgehead atoms. The van der Waals surface area contributed by atoms with Crippen LogP contribution >= 0.6 is 0 Å². The summed E-state index contributed by atoms with van der Waals surface area (Å²) in [5.74, 6) is 0.616. The predicted octanol–water partition coefficient (Wildman–Crippen LogP) is 2.37. The van der Waals surface area contributed by atoms with Crippen molar-refractivity contribution in [3.05, 3.63) is 54.1 Å². The van der Waals surface area contributed by atoms with Gasteiger partial charge in [-0.15, -0.1) is 0 Å². The van der Waals surface area contributed by atoms with E-state index in [4.69, 9.17) is 9.47 Å². The third-order valence-electron chi connectivity index (χ3n) is 3.77. The lowest BCUT2D eigenvalue weighted by atomic mass is 10.2. The molecule has 0 aliphatic carbocycles. The van der Waals surface area contributed by atoms with Crippen LogP contribution in [0.4, 0.5) is 5.69 Å². The van der Waals surface area contributed by atoms with E-state index in [1.54, 1.807) is 33.4 Å². The van der Waals surface area contributed by atoms with Gasteiger partial charge in [0.2, 0.25) is 11.8 Å². The van der Waals surface area contributed by atoms with Crippen molar-refractivity contribution in [2.45, 2.75) is 13.0 Å². The third kappa shape index (κ3) is 4.97. The van der Waals surface area contributed by atoms with Crippen LogP contribution in [0.3, 0.4) is 0 Å². The Morgan fingerprint density at radius 3 is 2.32 bits per heavy atom. The van der Waals surface area contributed by atoms with Gasteiger partial charge >= 0.3 is 0 Å². The van der Waals surface area contributed by atoms with Crippen molar-refractivity contribution in [2.24, 2.45) is 0 Å². The second-order valence-electron chi connectivity index (χ2n) is 5.43. The van der Waals surface area contributed by atoms with Crippen LogP contribution in [-0.4, -0.2) is 33.1 Å². The summed E-state index contributed by atoms with van der Waals surface area (Å²) in [6.07, 6.45) is -0.210. The molecule has 0 heterocycles. The molecule has 0 aliphatic heterocycles. The van der Waals surface area contributed by atoms with Crippen LogP contribution in [-0.2, 0) is 16.1 Å². The van der Waals surface area contributed by atoms with Crippen molar-refractivity contribution in [2.75, 3.05) is 26.2 Å². The highest BCUT2D eigenvalue weighted by Crippen LogP contribution is 2.27. The Morgan fingerprint density at radius 1 is 1.00 bits per heavy atom. The van der Waals surface area contributed by atoms with Crippen molar-refractivity contribution in [3.63, 3.8) is 0 Å². The second-order valence-corrected chi connectivity index (χ2v) is 5.43. The third-order valence-corrected chi connectivity index (χ3v) is 3.77. The first kappa shape index (κ1) is 18.3. The summed E-state index contributed by atoms with van der Waals surface area (Å²) in [5, 5.41) is 2.74. The monoisotopic (exact) mass is 342 g/mol. The van der Waals surface area contributed by atoms with E-state index < -0.39 is 0 Å². The normalized spacial score (nSPS) is 10.0. The number of benzene rings is 2. The maximum Gasteiger partial charge on any atom is 0.236 e. The average Bonchev–Trinajstić information content (AvgIpc) is 2.66. The highest BCUT2D eigenvalue weighted by Gasteiger charge is 2.15. The lowest BCUT2D eigenvalue weighted by Crippen LogP contribution is -2.33. The topological polar surface area (TPSA) is 67.9 Å². The van der Waals surface area contributed by atoms with Crippen LogP contribution in [0.5, 0.6) is 11.5 Å². The van der Waals surface area contributed by atoms with E-state index >= 15 is 0 Å². The summed E-state index contributed by atoms with van der Waals surface area (Å²) in [6.45, 7) is 0.307. The highest BCUT2D eigenvalue weighted by molar-refractivity contribution is 6.04. The maximum absolute atomic E-state index is 12.2. The van der Waals surface area contributed by atoms with Gasteiger partial charge in [-0.3, -0.25) is 9.59 Å². The van der Waals surface area contributed by atoms with E-state index in [-0.39, 0.29) is 18.2 Å². The minimum absolute atomic E-state index is 0.210. The van der Waals surface area contributed by atoms with Crippen molar-refractivity contribution < 1.29 is 19.1 Å². The minimum atomic E-state index is -0.331. The number of amides is 2.